The Hall–Kier alpha value is -1.43. The number of carbonyl (C=O) groups is 1. The summed E-state index contributed by atoms with van der Waals surface area (Å²) in [7, 11) is 1.48. The number of rotatable bonds is 1. The number of halogens is 3. The van der Waals surface area contributed by atoms with E-state index < -0.39 is 11.6 Å². The highest BCUT2D eigenvalue weighted by Gasteiger charge is 2.15. The van der Waals surface area contributed by atoms with E-state index in [-0.39, 0.29) is 16.1 Å². The van der Waals surface area contributed by atoms with Crippen LogP contribution in [0.3, 0.4) is 0 Å². The van der Waals surface area contributed by atoms with Gasteiger partial charge in [-0.2, -0.15) is 0 Å². The molecule has 0 saturated carbocycles. The predicted molar refractivity (Wildman–Crippen MR) is 59.3 cm³/mol. The van der Waals surface area contributed by atoms with Gasteiger partial charge in [-0.25, -0.2) is 8.78 Å². The molecule has 1 aromatic carbocycles. The Kier molecular flexibility index (Phi) is 2.67. The Labute approximate surface area is 98.0 Å². The molecule has 1 heterocycles. The van der Waals surface area contributed by atoms with E-state index in [9.17, 15) is 13.6 Å². The van der Waals surface area contributed by atoms with Crippen molar-refractivity contribution in [1.82, 2.24) is 10.3 Å². The van der Waals surface area contributed by atoms with Crippen LogP contribution in [0.5, 0.6) is 0 Å². The minimum absolute atomic E-state index is 0.00824. The van der Waals surface area contributed by atoms with Gasteiger partial charge in [0.15, 0.2) is 11.6 Å². The van der Waals surface area contributed by atoms with Crippen molar-refractivity contribution in [2.45, 2.75) is 0 Å². The van der Waals surface area contributed by atoms with Gasteiger partial charge in [-0.1, -0.05) is 0 Å². The first kappa shape index (κ1) is 11.1. The van der Waals surface area contributed by atoms with Gasteiger partial charge < -0.3 is 10.3 Å². The summed E-state index contributed by atoms with van der Waals surface area (Å²) < 4.78 is 26.3. The van der Waals surface area contributed by atoms with Crippen molar-refractivity contribution in [3.63, 3.8) is 0 Å². The van der Waals surface area contributed by atoms with Gasteiger partial charge in [0.25, 0.3) is 5.91 Å². The molecule has 0 bridgehead atoms. The molecule has 0 atom stereocenters. The Bertz CT molecular complexity index is 580. The van der Waals surface area contributed by atoms with Crippen LogP contribution in [-0.4, -0.2) is 17.9 Å². The molecule has 0 saturated heterocycles. The van der Waals surface area contributed by atoms with Crippen molar-refractivity contribution in [3.8, 4) is 0 Å². The molecule has 0 radical (unpaired) electrons. The number of aromatic nitrogens is 1. The zero-order valence-electron chi connectivity index (χ0n) is 8.20. The maximum Gasteiger partial charge on any atom is 0.267 e. The zero-order valence-corrected chi connectivity index (χ0v) is 9.78. The number of hydrogen-bond donors (Lipinski definition) is 2. The molecule has 16 heavy (non-hydrogen) atoms. The van der Waals surface area contributed by atoms with Crippen molar-refractivity contribution in [3.05, 3.63) is 33.9 Å². The molecule has 0 aliphatic rings. The number of carbonyl (C=O) groups excluding carboxylic acids is 1. The first-order valence-corrected chi connectivity index (χ1v) is 5.22. The minimum atomic E-state index is -0.968. The molecule has 0 unspecified atom stereocenters. The highest BCUT2D eigenvalue weighted by atomic mass is 79.9. The van der Waals surface area contributed by atoms with Crippen LogP contribution in [0, 0.1) is 11.6 Å². The molecule has 2 aromatic rings. The first-order chi connectivity index (χ1) is 7.54. The fraction of sp³-hybridized carbons (Fsp3) is 0.100. The number of amides is 1. The Morgan fingerprint density at radius 3 is 2.75 bits per heavy atom. The van der Waals surface area contributed by atoms with Gasteiger partial charge in [0.05, 0.1) is 9.99 Å². The van der Waals surface area contributed by atoms with Gasteiger partial charge in [-0.3, -0.25) is 4.79 Å². The molecule has 3 nitrogen and oxygen atoms in total. The number of hydrogen-bond acceptors (Lipinski definition) is 1. The average Bonchev–Trinajstić information content (AvgIpc) is 2.69. The minimum Gasteiger partial charge on any atom is -0.354 e. The Morgan fingerprint density at radius 1 is 1.44 bits per heavy atom. The van der Waals surface area contributed by atoms with Crippen LogP contribution >= 0.6 is 15.9 Å². The maximum atomic E-state index is 13.2. The van der Waals surface area contributed by atoms with Crippen molar-refractivity contribution < 1.29 is 13.6 Å². The van der Waals surface area contributed by atoms with Gasteiger partial charge in [-0.05, 0) is 22.0 Å². The number of H-pyrrole nitrogens is 1. The molecule has 1 aromatic heterocycles. The molecule has 0 aliphatic heterocycles. The van der Waals surface area contributed by atoms with E-state index in [0.717, 1.165) is 6.07 Å². The van der Waals surface area contributed by atoms with E-state index in [2.05, 4.69) is 26.2 Å². The van der Waals surface area contributed by atoms with Crippen LogP contribution in [0.4, 0.5) is 8.78 Å². The molecular weight excluding hydrogens is 282 g/mol. The predicted octanol–water partition coefficient (Wildman–Crippen LogP) is 2.57. The lowest BCUT2D eigenvalue weighted by molar-refractivity contribution is 0.0959. The molecule has 1 amide bonds. The van der Waals surface area contributed by atoms with E-state index in [0.29, 0.717) is 10.9 Å². The normalized spacial score (nSPS) is 10.8. The van der Waals surface area contributed by atoms with Gasteiger partial charge in [0.1, 0.15) is 5.69 Å². The summed E-state index contributed by atoms with van der Waals surface area (Å²) in [4.78, 5) is 14.0. The van der Waals surface area contributed by atoms with Crippen LogP contribution in [0.25, 0.3) is 10.9 Å². The Morgan fingerprint density at radius 2 is 2.12 bits per heavy atom. The fourth-order valence-corrected chi connectivity index (χ4v) is 1.95. The van der Waals surface area contributed by atoms with Crippen molar-refractivity contribution in [1.29, 1.82) is 0 Å². The molecule has 0 aliphatic carbocycles. The highest BCUT2D eigenvalue weighted by Crippen LogP contribution is 2.29. The molecule has 6 heteroatoms. The van der Waals surface area contributed by atoms with Crippen LogP contribution < -0.4 is 5.32 Å². The van der Waals surface area contributed by atoms with E-state index in [1.807, 2.05) is 0 Å². The third kappa shape index (κ3) is 1.59. The molecule has 84 valence electrons. The first-order valence-electron chi connectivity index (χ1n) is 4.43. The van der Waals surface area contributed by atoms with Crippen LogP contribution in [0.2, 0.25) is 0 Å². The van der Waals surface area contributed by atoms with Crippen LogP contribution in [0.1, 0.15) is 10.5 Å². The van der Waals surface area contributed by atoms with Crippen molar-refractivity contribution in [2.24, 2.45) is 0 Å². The largest absolute Gasteiger partial charge is 0.354 e. The lowest BCUT2D eigenvalue weighted by atomic mass is 10.2. The number of benzene rings is 1. The molecule has 2 N–H and O–H groups in total. The quantitative estimate of drug-likeness (QED) is 0.779. The second kappa shape index (κ2) is 3.86. The third-order valence-corrected chi connectivity index (χ3v) is 3.01. The summed E-state index contributed by atoms with van der Waals surface area (Å²) in [5, 5.41) is 2.85. The monoisotopic (exact) mass is 288 g/mol. The van der Waals surface area contributed by atoms with E-state index in [1.54, 1.807) is 0 Å². The number of fused-ring (bicyclic) bond motifs is 1. The summed E-state index contributed by atoms with van der Waals surface area (Å²) in [6.07, 6.45) is 0. The fourth-order valence-electron chi connectivity index (χ4n) is 1.44. The van der Waals surface area contributed by atoms with Gasteiger partial charge in [-0.15, -0.1) is 0 Å². The Balaban J connectivity index is 2.71. The lowest BCUT2D eigenvalue weighted by Gasteiger charge is -1.97. The number of nitrogens with one attached hydrogen (secondary N) is 2. The third-order valence-electron chi connectivity index (χ3n) is 2.23. The molecule has 2 rings (SSSR count). The van der Waals surface area contributed by atoms with Crippen LogP contribution in [0.15, 0.2) is 16.6 Å². The molecule has 0 fully saturated rings. The highest BCUT2D eigenvalue weighted by molar-refractivity contribution is 9.10. The average molecular weight is 289 g/mol. The maximum absolute atomic E-state index is 13.2. The van der Waals surface area contributed by atoms with Gasteiger partial charge in [0, 0.05) is 18.5 Å². The van der Waals surface area contributed by atoms with Crippen molar-refractivity contribution >= 4 is 32.7 Å². The smallest absolute Gasteiger partial charge is 0.267 e. The number of aromatic amines is 1. The topological polar surface area (TPSA) is 44.9 Å². The zero-order chi connectivity index (χ0) is 11.9. The summed E-state index contributed by atoms with van der Waals surface area (Å²) >= 11 is 2.95. The molecular formula is C10H7BrF2N2O. The SMILES string of the molecule is CNC(=O)c1cc2c(Br)c(F)c(F)cc2[nH]1. The summed E-state index contributed by atoms with van der Waals surface area (Å²) in [6.45, 7) is 0. The summed E-state index contributed by atoms with van der Waals surface area (Å²) in [5.41, 5.74) is 0.618. The van der Waals surface area contributed by atoms with E-state index in [1.165, 1.54) is 13.1 Å². The molecule has 0 spiro atoms. The van der Waals surface area contributed by atoms with Crippen molar-refractivity contribution in [2.75, 3.05) is 7.05 Å². The second-order valence-corrected chi connectivity index (χ2v) is 4.00. The summed E-state index contributed by atoms with van der Waals surface area (Å²) in [6, 6.07) is 2.47. The van der Waals surface area contributed by atoms with Gasteiger partial charge in [0.2, 0.25) is 0 Å². The lowest BCUT2D eigenvalue weighted by Crippen LogP contribution is -2.17. The van der Waals surface area contributed by atoms with E-state index >= 15 is 0 Å². The van der Waals surface area contributed by atoms with E-state index in [4.69, 9.17) is 0 Å². The standard InChI is InChI=1S/C10H7BrF2N2O/c1-14-10(16)7-2-4-6(15-7)3-5(12)9(13)8(4)11/h2-3,15H,1H3,(H,14,16). The second-order valence-electron chi connectivity index (χ2n) is 3.21. The van der Waals surface area contributed by atoms with Crippen LogP contribution in [-0.2, 0) is 0 Å². The summed E-state index contributed by atoms with van der Waals surface area (Å²) in [5.74, 6) is -2.27. The van der Waals surface area contributed by atoms with Gasteiger partial charge >= 0.3 is 0 Å².